The van der Waals surface area contributed by atoms with Gasteiger partial charge in [0.25, 0.3) is 0 Å². The number of hydrogen-bond acceptors (Lipinski definition) is 15. The fraction of sp³-hybridized carbons (Fsp3) is 0.954. The van der Waals surface area contributed by atoms with E-state index >= 15 is 0 Å². The van der Waals surface area contributed by atoms with Crippen molar-refractivity contribution >= 4 is 39.5 Å². The topological polar surface area (TPSA) is 237 Å². The van der Waals surface area contributed by atoms with Crippen LogP contribution in [-0.2, 0) is 65.4 Å². The molecule has 17 nitrogen and oxygen atoms in total. The lowest BCUT2D eigenvalue weighted by molar-refractivity contribution is -0.161. The van der Waals surface area contributed by atoms with Crippen molar-refractivity contribution in [3.05, 3.63) is 0 Å². The van der Waals surface area contributed by atoms with E-state index in [9.17, 15) is 43.2 Å². The fourth-order valence-electron chi connectivity index (χ4n) is 13.6. The Morgan fingerprint density at radius 1 is 0.274 bits per heavy atom. The second kappa shape index (κ2) is 78.3. The summed E-state index contributed by atoms with van der Waals surface area (Å²) in [7, 11) is -9.93. The van der Waals surface area contributed by atoms with Gasteiger partial charge in [-0.15, -0.1) is 0 Å². The maximum Gasteiger partial charge on any atom is 0.472 e. The van der Waals surface area contributed by atoms with E-state index in [1.54, 1.807) is 0 Å². The molecule has 0 heterocycles. The molecule has 3 N–H and O–H groups in total. The van der Waals surface area contributed by atoms with E-state index in [2.05, 4.69) is 41.5 Å². The summed E-state index contributed by atoms with van der Waals surface area (Å²) in [6.07, 6.45) is 70.8. The fourth-order valence-corrected chi connectivity index (χ4v) is 15.1. The van der Waals surface area contributed by atoms with Gasteiger partial charge in [-0.25, -0.2) is 9.13 Å². The maximum absolute atomic E-state index is 13.2. The van der Waals surface area contributed by atoms with Gasteiger partial charge in [0, 0.05) is 25.7 Å². The highest BCUT2D eigenvalue weighted by molar-refractivity contribution is 7.47. The van der Waals surface area contributed by atoms with E-state index in [1.807, 2.05) is 0 Å². The van der Waals surface area contributed by atoms with Crippen molar-refractivity contribution < 1.29 is 80.2 Å². The summed E-state index contributed by atoms with van der Waals surface area (Å²) in [6, 6.07) is 0. The average molecular weight is 1550 g/mol. The first kappa shape index (κ1) is 104. The van der Waals surface area contributed by atoms with Gasteiger partial charge >= 0.3 is 39.5 Å². The highest BCUT2D eigenvalue weighted by Gasteiger charge is 2.30. The van der Waals surface area contributed by atoms with Crippen LogP contribution < -0.4 is 0 Å². The van der Waals surface area contributed by atoms with Gasteiger partial charge in [-0.2, -0.15) is 0 Å². The van der Waals surface area contributed by atoms with Gasteiger partial charge in [-0.1, -0.05) is 414 Å². The lowest BCUT2D eigenvalue weighted by Gasteiger charge is -2.21. The summed E-state index contributed by atoms with van der Waals surface area (Å²) >= 11 is 0. The molecule has 630 valence electrons. The molecule has 0 radical (unpaired) electrons. The third-order valence-corrected chi connectivity index (χ3v) is 22.7. The van der Waals surface area contributed by atoms with E-state index in [-0.39, 0.29) is 25.7 Å². The van der Waals surface area contributed by atoms with Crippen LogP contribution in [-0.4, -0.2) is 96.7 Å². The Hall–Kier alpha value is -1.94. The Morgan fingerprint density at radius 2 is 0.481 bits per heavy atom. The Balaban J connectivity index is 5.22. The lowest BCUT2D eigenvalue weighted by Crippen LogP contribution is -2.30. The van der Waals surface area contributed by atoms with Crippen LogP contribution in [0.2, 0.25) is 0 Å². The number of aliphatic hydroxyl groups excluding tert-OH is 1. The molecule has 0 aliphatic heterocycles. The highest BCUT2D eigenvalue weighted by atomic mass is 31.2. The second-order valence-electron chi connectivity index (χ2n) is 32.0. The smallest absolute Gasteiger partial charge is 0.462 e. The zero-order valence-corrected chi connectivity index (χ0v) is 71.5. The number of hydrogen-bond donors (Lipinski definition) is 3. The Labute approximate surface area is 651 Å². The van der Waals surface area contributed by atoms with Crippen LogP contribution in [0, 0.1) is 11.8 Å². The zero-order valence-electron chi connectivity index (χ0n) is 69.7. The van der Waals surface area contributed by atoms with Crippen LogP contribution in [0.3, 0.4) is 0 Å². The van der Waals surface area contributed by atoms with Gasteiger partial charge in [-0.3, -0.25) is 37.3 Å². The maximum atomic E-state index is 13.2. The van der Waals surface area contributed by atoms with Gasteiger partial charge in [0.05, 0.1) is 26.4 Å². The number of rotatable bonds is 86. The predicted octanol–water partition coefficient (Wildman–Crippen LogP) is 26.6. The standard InChI is InChI=1S/C87H170O17P2/c1-7-10-12-14-16-18-20-21-22-23-24-25-26-27-28-29-36-41-47-53-59-65-71-86(91)104-83(76-98-85(90)70-64-58-52-46-40-35-31-30-34-39-44-50-56-62-68-80(6)9-3)78-102-106(95,96)100-74-81(88)73-99-105(93,94)101-77-82(75-97-84(89)69-63-57-51-45-19-17-15-13-11-8-2)103-87(92)72-66-60-54-48-42-37-32-33-38-43-49-55-61-67-79(4)5/h79-83,88H,7-78H2,1-6H3,(H,93,94)(H,95,96)/t80?,81-,82+,83+/m0/s1. The first-order valence-electron chi connectivity index (χ1n) is 45.0. The molecule has 0 rings (SSSR count). The van der Waals surface area contributed by atoms with Gasteiger partial charge in [0.2, 0.25) is 0 Å². The number of phosphoric acid groups is 2. The molecule has 0 saturated heterocycles. The number of phosphoric ester groups is 2. The Bertz CT molecular complexity index is 2030. The Morgan fingerprint density at radius 3 is 0.717 bits per heavy atom. The van der Waals surface area contributed by atoms with Crippen molar-refractivity contribution in [3.8, 4) is 0 Å². The minimum absolute atomic E-state index is 0.108. The molecule has 0 aromatic rings. The molecule has 0 aliphatic rings. The molecule has 3 unspecified atom stereocenters. The summed E-state index contributed by atoms with van der Waals surface area (Å²) in [5.41, 5.74) is 0. The number of unbranched alkanes of at least 4 members (excludes halogenated alkanes) is 55. The number of esters is 4. The van der Waals surface area contributed by atoms with E-state index in [0.29, 0.717) is 25.7 Å². The van der Waals surface area contributed by atoms with Crippen molar-refractivity contribution in [2.75, 3.05) is 39.6 Å². The SMILES string of the molecule is CCCCCCCCCCCCCCCCCCCCCCCCC(=O)O[C@H](COC(=O)CCCCCCCCCCCCCCCCC(C)CC)COP(=O)(O)OC[C@@H](O)COP(=O)(O)OC[C@@H](COC(=O)CCCCCCCCCCCC)OC(=O)CCCCCCCCCCCCCCCC(C)C. The molecule has 0 fully saturated rings. The van der Waals surface area contributed by atoms with Crippen LogP contribution >= 0.6 is 15.6 Å². The molecule has 0 bridgehead atoms. The zero-order chi connectivity index (χ0) is 77.8. The van der Waals surface area contributed by atoms with Crippen molar-refractivity contribution in [2.45, 2.75) is 484 Å². The quantitative estimate of drug-likeness (QED) is 0.0222. The predicted molar refractivity (Wildman–Crippen MR) is 437 cm³/mol. The van der Waals surface area contributed by atoms with Gasteiger partial charge in [0.1, 0.15) is 19.3 Å². The normalized spacial score (nSPS) is 14.1. The van der Waals surface area contributed by atoms with Gasteiger partial charge in [-0.05, 0) is 37.5 Å². The summed E-state index contributed by atoms with van der Waals surface area (Å²) in [6.45, 7) is 9.74. The molecule has 0 aromatic heterocycles. The average Bonchev–Trinajstić information content (AvgIpc) is 0.909. The van der Waals surface area contributed by atoms with Crippen LogP contribution in [0.15, 0.2) is 0 Å². The summed E-state index contributed by atoms with van der Waals surface area (Å²) in [5.74, 6) is -0.465. The summed E-state index contributed by atoms with van der Waals surface area (Å²) in [4.78, 5) is 73.2. The first-order chi connectivity index (χ1) is 51.4. The van der Waals surface area contributed by atoms with Crippen LogP contribution in [0.4, 0.5) is 0 Å². The number of carbonyl (C=O) groups excluding carboxylic acids is 4. The van der Waals surface area contributed by atoms with E-state index < -0.39 is 97.5 Å². The van der Waals surface area contributed by atoms with Crippen LogP contribution in [0.25, 0.3) is 0 Å². The third-order valence-electron chi connectivity index (χ3n) is 20.8. The molecule has 106 heavy (non-hydrogen) atoms. The molecular weight excluding hydrogens is 1380 g/mol. The molecule has 0 saturated carbocycles. The molecular formula is C87H170O17P2. The molecule has 0 amide bonds. The Kier molecular flexibility index (Phi) is 76.9. The molecule has 0 aliphatic carbocycles. The monoisotopic (exact) mass is 1550 g/mol. The van der Waals surface area contributed by atoms with Crippen LogP contribution in [0.1, 0.15) is 465 Å². The van der Waals surface area contributed by atoms with Gasteiger partial charge < -0.3 is 33.8 Å². The minimum atomic E-state index is -4.97. The van der Waals surface area contributed by atoms with E-state index in [0.717, 1.165) is 102 Å². The van der Waals surface area contributed by atoms with Crippen molar-refractivity contribution in [1.82, 2.24) is 0 Å². The minimum Gasteiger partial charge on any atom is -0.462 e. The number of ether oxygens (including phenoxy) is 4. The molecule has 19 heteroatoms. The van der Waals surface area contributed by atoms with E-state index in [1.165, 1.54) is 283 Å². The van der Waals surface area contributed by atoms with Crippen molar-refractivity contribution in [3.63, 3.8) is 0 Å². The second-order valence-corrected chi connectivity index (χ2v) is 34.9. The summed E-state index contributed by atoms with van der Waals surface area (Å²) < 4.78 is 68.9. The van der Waals surface area contributed by atoms with Crippen molar-refractivity contribution in [2.24, 2.45) is 11.8 Å². The number of carbonyl (C=O) groups is 4. The number of aliphatic hydroxyl groups is 1. The largest absolute Gasteiger partial charge is 0.472 e. The first-order valence-corrected chi connectivity index (χ1v) is 48.0. The lowest BCUT2D eigenvalue weighted by atomic mass is 9.99. The molecule has 0 aromatic carbocycles. The van der Waals surface area contributed by atoms with Crippen LogP contribution in [0.5, 0.6) is 0 Å². The highest BCUT2D eigenvalue weighted by Crippen LogP contribution is 2.45. The molecule has 6 atom stereocenters. The van der Waals surface area contributed by atoms with Gasteiger partial charge in [0.15, 0.2) is 12.2 Å². The molecule has 0 spiro atoms. The van der Waals surface area contributed by atoms with E-state index in [4.69, 9.17) is 37.0 Å². The third kappa shape index (κ3) is 78.7. The summed E-state index contributed by atoms with van der Waals surface area (Å²) in [5, 5.41) is 10.7. The van der Waals surface area contributed by atoms with Crippen molar-refractivity contribution in [1.29, 1.82) is 0 Å².